The van der Waals surface area contributed by atoms with Crippen molar-refractivity contribution in [3.05, 3.63) is 33.8 Å². The maximum absolute atomic E-state index is 13.0. The molecule has 0 atom stereocenters. The van der Waals surface area contributed by atoms with Crippen molar-refractivity contribution in [2.24, 2.45) is 20.4 Å². The van der Waals surface area contributed by atoms with Crippen molar-refractivity contribution in [3.63, 3.8) is 0 Å². The summed E-state index contributed by atoms with van der Waals surface area (Å²) in [4.78, 5) is 12.8. The zero-order valence-electron chi connectivity index (χ0n) is 13.1. The summed E-state index contributed by atoms with van der Waals surface area (Å²) in [6.45, 7) is 6.39. The quantitative estimate of drug-likeness (QED) is 0.658. The molecule has 0 bridgehead atoms. The summed E-state index contributed by atoms with van der Waals surface area (Å²) in [5.41, 5.74) is -0.0257. The Hall–Kier alpha value is -1.50. The van der Waals surface area contributed by atoms with Gasteiger partial charge in [-0.15, -0.1) is 0 Å². The SMILES string of the molecule is CC(C)(C)C1=NCC(C=NCc2ccc(Br)cc2C(F)(F)F)=N1. The molecule has 0 N–H and O–H groups in total. The number of halogens is 4. The van der Waals surface area contributed by atoms with Crippen LogP contribution >= 0.6 is 15.9 Å². The van der Waals surface area contributed by atoms with E-state index in [0.29, 0.717) is 16.7 Å². The van der Waals surface area contributed by atoms with E-state index in [-0.39, 0.29) is 17.5 Å². The molecule has 0 amide bonds. The molecule has 23 heavy (non-hydrogen) atoms. The molecule has 0 spiro atoms. The Balaban J connectivity index is 2.11. The highest BCUT2D eigenvalue weighted by Crippen LogP contribution is 2.34. The molecule has 1 heterocycles. The van der Waals surface area contributed by atoms with E-state index in [1.807, 2.05) is 20.8 Å². The maximum Gasteiger partial charge on any atom is 0.416 e. The average Bonchev–Trinajstić information content (AvgIpc) is 2.88. The number of aliphatic imine (C=N–C) groups is 3. The van der Waals surface area contributed by atoms with Crippen LogP contribution in [0.2, 0.25) is 0 Å². The van der Waals surface area contributed by atoms with Crippen LogP contribution in [0, 0.1) is 5.41 Å². The van der Waals surface area contributed by atoms with Crippen LogP contribution in [0.15, 0.2) is 37.6 Å². The van der Waals surface area contributed by atoms with Crippen LogP contribution < -0.4 is 0 Å². The summed E-state index contributed by atoms with van der Waals surface area (Å²) in [6, 6.07) is 4.07. The van der Waals surface area contributed by atoms with Crippen molar-refractivity contribution in [3.8, 4) is 0 Å². The predicted octanol–water partition coefficient (Wildman–Crippen LogP) is 4.94. The van der Waals surface area contributed by atoms with Crippen molar-refractivity contribution >= 4 is 33.7 Å². The molecule has 2 rings (SSSR count). The number of alkyl halides is 3. The van der Waals surface area contributed by atoms with Gasteiger partial charge in [0.05, 0.1) is 24.4 Å². The van der Waals surface area contributed by atoms with Crippen molar-refractivity contribution in [2.75, 3.05) is 6.54 Å². The lowest BCUT2D eigenvalue weighted by atomic mass is 9.95. The highest BCUT2D eigenvalue weighted by Gasteiger charge is 2.33. The predicted molar refractivity (Wildman–Crippen MR) is 90.5 cm³/mol. The normalized spacial score (nSPS) is 16.0. The first-order valence-electron chi connectivity index (χ1n) is 7.05. The molecule has 1 aromatic carbocycles. The molecule has 1 aromatic rings. The second-order valence-corrected chi connectivity index (χ2v) is 7.18. The fourth-order valence-electron chi connectivity index (χ4n) is 2.04. The van der Waals surface area contributed by atoms with E-state index in [0.717, 1.165) is 11.9 Å². The molecule has 124 valence electrons. The van der Waals surface area contributed by atoms with Gasteiger partial charge in [0.1, 0.15) is 5.84 Å². The first-order chi connectivity index (χ1) is 10.6. The van der Waals surface area contributed by atoms with Gasteiger partial charge < -0.3 is 0 Å². The van der Waals surface area contributed by atoms with E-state index >= 15 is 0 Å². The smallest absolute Gasteiger partial charge is 0.286 e. The largest absolute Gasteiger partial charge is 0.416 e. The third-order valence-corrected chi connectivity index (χ3v) is 3.68. The zero-order chi connectivity index (χ0) is 17.3. The second kappa shape index (κ2) is 6.55. The van der Waals surface area contributed by atoms with Crippen LogP contribution in [0.25, 0.3) is 0 Å². The molecule has 0 aliphatic carbocycles. The van der Waals surface area contributed by atoms with Gasteiger partial charge in [-0.1, -0.05) is 42.8 Å². The molecule has 1 aliphatic rings. The molecule has 0 saturated heterocycles. The van der Waals surface area contributed by atoms with Gasteiger partial charge >= 0.3 is 6.18 Å². The number of hydrogen-bond acceptors (Lipinski definition) is 3. The molecule has 0 fully saturated rings. The molecule has 3 nitrogen and oxygen atoms in total. The number of amidine groups is 1. The van der Waals surface area contributed by atoms with Gasteiger partial charge in [-0.05, 0) is 17.7 Å². The van der Waals surface area contributed by atoms with Crippen LogP contribution in [0.4, 0.5) is 13.2 Å². The lowest BCUT2D eigenvalue weighted by Gasteiger charge is -2.14. The lowest BCUT2D eigenvalue weighted by molar-refractivity contribution is -0.138. The van der Waals surface area contributed by atoms with Crippen molar-refractivity contribution < 1.29 is 13.2 Å². The van der Waals surface area contributed by atoms with E-state index in [2.05, 4.69) is 30.9 Å². The van der Waals surface area contributed by atoms with E-state index in [4.69, 9.17) is 0 Å². The van der Waals surface area contributed by atoms with Gasteiger partial charge in [-0.25, -0.2) is 4.99 Å². The lowest BCUT2D eigenvalue weighted by Crippen LogP contribution is -2.16. The first-order valence-corrected chi connectivity index (χ1v) is 7.84. The summed E-state index contributed by atoms with van der Waals surface area (Å²) in [5, 5.41) is 0. The van der Waals surface area contributed by atoms with E-state index in [9.17, 15) is 13.2 Å². The Morgan fingerprint density at radius 3 is 2.52 bits per heavy atom. The fraction of sp³-hybridized carbons (Fsp3) is 0.438. The summed E-state index contributed by atoms with van der Waals surface area (Å²) in [7, 11) is 0. The minimum absolute atomic E-state index is 0.0496. The fourth-order valence-corrected chi connectivity index (χ4v) is 2.40. The van der Waals surface area contributed by atoms with Gasteiger partial charge in [-0.2, -0.15) is 13.2 Å². The topological polar surface area (TPSA) is 37.1 Å². The monoisotopic (exact) mass is 387 g/mol. The minimum atomic E-state index is -4.40. The summed E-state index contributed by atoms with van der Waals surface area (Å²) < 4.78 is 39.5. The van der Waals surface area contributed by atoms with Crippen LogP contribution in [0.5, 0.6) is 0 Å². The number of rotatable bonds is 3. The second-order valence-electron chi connectivity index (χ2n) is 6.26. The molecule has 0 saturated carbocycles. The molecule has 0 unspecified atom stereocenters. The molecule has 0 radical (unpaired) electrons. The Morgan fingerprint density at radius 2 is 1.96 bits per heavy atom. The molecular formula is C16H17BrF3N3. The van der Waals surface area contributed by atoms with Crippen LogP contribution in [-0.4, -0.2) is 24.3 Å². The Morgan fingerprint density at radius 1 is 1.26 bits per heavy atom. The Labute approximate surface area is 141 Å². The van der Waals surface area contributed by atoms with Crippen LogP contribution in [0.1, 0.15) is 31.9 Å². The molecular weight excluding hydrogens is 371 g/mol. The highest BCUT2D eigenvalue weighted by atomic mass is 79.9. The number of nitrogens with zero attached hydrogens (tertiary/aromatic N) is 3. The van der Waals surface area contributed by atoms with Gasteiger partial charge in [0.2, 0.25) is 0 Å². The van der Waals surface area contributed by atoms with Gasteiger partial charge in [0, 0.05) is 16.1 Å². The van der Waals surface area contributed by atoms with Gasteiger partial charge in [-0.3, -0.25) is 9.98 Å². The highest BCUT2D eigenvalue weighted by molar-refractivity contribution is 9.10. The average molecular weight is 388 g/mol. The summed E-state index contributed by atoms with van der Waals surface area (Å²) >= 11 is 3.06. The molecule has 7 heteroatoms. The summed E-state index contributed by atoms with van der Waals surface area (Å²) in [5.74, 6) is 0.735. The zero-order valence-corrected chi connectivity index (χ0v) is 14.7. The van der Waals surface area contributed by atoms with E-state index in [1.165, 1.54) is 12.3 Å². The van der Waals surface area contributed by atoms with Crippen molar-refractivity contribution in [2.45, 2.75) is 33.5 Å². The standard InChI is InChI=1S/C16H17BrF3N3/c1-15(2,3)14-22-9-12(23-14)8-21-7-10-4-5-11(17)6-13(10)16(18,19)20/h4-6,8H,7,9H2,1-3H3. The minimum Gasteiger partial charge on any atom is -0.286 e. The van der Waals surface area contributed by atoms with Gasteiger partial charge in [0.25, 0.3) is 0 Å². The van der Waals surface area contributed by atoms with Crippen LogP contribution in [0.3, 0.4) is 0 Å². The van der Waals surface area contributed by atoms with E-state index < -0.39 is 11.7 Å². The third kappa shape index (κ3) is 4.73. The third-order valence-electron chi connectivity index (χ3n) is 3.19. The number of benzene rings is 1. The Bertz CT molecular complexity index is 683. The van der Waals surface area contributed by atoms with Crippen molar-refractivity contribution in [1.82, 2.24) is 0 Å². The first kappa shape index (κ1) is 17.8. The Kier molecular flexibility index (Phi) is 5.08. The van der Waals surface area contributed by atoms with Crippen LogP contribution in [-0.2, 0) is 12.7 Å². The molecule has 1 aliphatic heterocycles. The van der Waals surface area contributed by atoms with E-state index in [1.54, 1.807) is 6.07 Å². The van der Waals surface area contributed by atoms with Gasteiger partial charge in [0.15, 0.2) is 0 Å². The van der Waals surface area contributed by atoms with Crippen molar-refractivity contribution in [1.29, 1.82) is 0 Å². The maximum atomic E-state index is 13.0. The number of hydrogen-bond donors (Lipinski definition) is 0. The summed E-state index contributed by atoms with van der Waals surface area (Å²) in [6.07, 6.45) is -2.90. The molecule has 0 aromatic heterocycles.